The van der Waals surface area contributed by atoms with Gasteiger partial charge in [-0.2, -0.15) is 0 Å². The molecule has 5 heteroatoms. The Balaban J connectivity index is 2.40. The molecule has 0 aromatic heterocycles. The summed E-state index contributed by atoms with van der Waals surface area (Å²) in [6.45, 7) is 3.20. The summed E-state index contributed by atoms with van der Waals surface area (Å²) in [5, 5.41) is 0. The van der Waals surface area contributed by atoms with Crippen LogP contribution in [0.4, 0.5) is 0 Å². The Labute approximate surface area is 96.7 Å². The van der Waals surface area contributed by atoms with Gasteiger partial charge in [-0.05, 0) is 12.5 Å². The van der Waals surface area contributed by atoms with E-state index in [9.17, 15) is 8.42 Å². The molecule has 0 saturated heterocycles. The molecule has 0 aliphatic heterocycles. The van der Waals surface area contributed by atoms with Crippen LogP contribution in [0.1, 0.15) is 12.5 Å². The maximum Gasteiger partial charge on any atom is 0.215 e. The van der Waals surface area contributed by atoms with E-state index in [1.165, 1.54) is 0 Å². The Hall–Kier alpha value is -0.910. The molecule has 0 saturated carbocycles. The van der Waals surface area contributed by atoms with E-state index in [2.05, 4.69) is 4.72 Å². The second kappa shape index (κ2) is 6.62. The molecule has 0 unspecified atom stereocenters. The fourth-order valence-electron chi connectivity index (χ4n) is 1.26. The second-order valence-corrected chi connectivity index (χ2v) is 5.14. The molecule has 0 radical (unpaired) electrons. The normalized spacial score (nSPS) is 11.6. The van der Waals surface area contributed by atoms with Crippen LogP contribution in [0.2, 0.25) is 0 Å². The van der Waals surface area contributed by atoms with Crippen molar-refractivity contribution in [1.29, 1.82) is 0 Å². The predicted molar refractivity (Wildman–Crippen MR) is 63.6 cm³/mol. The molecule has 0 bridgehead atoms. The monoisotopic (exact) mass is 243 g/mol. The molecule has 0 spiro atoms. The van der Waals surface area contributed by atoms with Crippen molar-refractivity contribution in [2.45, 2.75) is 12.7 Å². The molecule has 0 aliphatic rings. The molecule has 0 fully saturated rings. The van der Waals surface area contributed by atoms with E-state index in [1.807, 2.05) is 25.1 Å². The molecule has 90 valence electrons. The Morgan fingerprint density at radius 1 is 1.25 bits per heavy atom. The molecular weight excluding hydrogens is 226 g/mol. The van der Waals surface area contributed by atoms with Gasteiger partial charge in [-0.1, -0.05) is 30.3 Å². The number of benzene rings is 1. The van der Waals surface area contributed by atoms with Gasteiger partial charge in [-0.25, -0.2) is 13.1 Å². The Bertz CT molecular complexity index is 389. The smallest absolute Gasteiger partial charge is 0.215 e. The van der Waals surface area contributed by atoms with Crippen molar-refractivity contribution in [1.82, 2.24) is 4.72 Å². The molecule has 0 aliphatic carbocycles. The fraction of sp³-hybridized carbons (Fsp3) is 0.455. The van der Waals surface area contributed by atoms with Gasteiger partial charge in [0.15, 0.2) is 0 Å². The maximum absolute atomic E-state index is 11.6. The highest BCUT2D eigenvalue weighted by atomic mass is 32.2. The van der Waals surface area contributed by atoms with Crippen LogP contribution in [-0.4, -0.2) is 28.2 Å². The lowest BCUT2D eigenvalue weighted by atomic mass is 10.2. The minimum absolute atomic E-state index is 0.0139. The zero-order chi connectivity index (χ0) is 11.9. The first-order valence-electron chi connectivity index (χ1n) is 5.23. The van der Waals surface area contributed by atoms with Gasteiger partial charge in [0, 0.05) is 13.2 Å². The van der Waals surface area contributed by atoms with Crippen LogP contribution in [0.15, 0.2) is 30.3 Å². The van der Waals surface area contributed by atoms with Gasteiger partial charge in [0.1, 0.15) is 0 Å². The third-order valence-electron chi connectivity index (χ3n) is 1.97. The van der Waals surface area contributed by atoms with Crippen molar-refractivity contribution in [3.05, 3.63) is 35.9 Å². The first-order valence-corrected chi connectivity index (χ1v) is 6.88. The number of hydrogen-bond acceptors (Lipinski definition) is 3. The van der Waals surface area contributed by atoms with Crippen LogP contribution in [-0.2, 0) is 20.5 Å². The number of ether oxygens (including phenoxy) is 1. The minimum atomic E-state index is -3.25. The Morgan fingerprint density at radius 3 is 2.56 bits per heavy atom. The Morgan fingerprint density at radius 2 is 1.94 bits per heavy atom. The molecule has 1 aromatic carbocycles. The molecule has 0 heterocycles. The lowest BCUT2D eigenvalue weighted by Crippen LogP contribution is -2.28. The molecule has 1 aromatic rings. The summed E-state index contributed by atoms with van der Waals surface area (Å²) in [4.78, 5) is 0. The van der Waals surface area contributed by atoms with Crippen LogP contribution in [0.3, 0.4) is 0 Å². The van der Waals surface area contributed by atoms with Crippen LogP contribution >= 0.6 is 0 Å². The van der Waals surface area contributed by atoms with E-state index in [0.29, 0.717) is 19.8 Å². The fourth-order valence-corrected chi connectivity index (χ4v) is 2.39. The van der Waals surface area contributed by atoms with Gasteiger partial charge < -0.3 is 4.74 Å². The average molecular weight is 243 g/mol. The van der Waals surface area contributed by atoms with Gasteiger partial charge in [0.05, 0.1) is 12.4 Å². The van der Waals surface area contributed by atoms with Crippen LogP contribution in [0, 0.1) is 0 Å². The highest BCUT2D eigenvalue weighted by molar-refractivity contribution is 7.88. The van der Waals surface area contributed by atoms with E-state index in [4.69, 9.17) is 4.74 Å². The SMILES string of the molecule is CCOCCNS(=O)(=O)Cc1ccccc1. The van der Waals surface area contributed by atoms with Gasteiger partial charge in [-0.15, -0.1) is 0 Å². The second-order valence-electron chi connectivity index (χ2n) is 3.34. The number of rotatable bonds is 7. The third kappa shape index (κ3) is 5.25. The van der Waals surface area contributed by atoms with E-state index in [1.54, 1.807) is 12.1 Å². The summed E-state index contributed by atoms with van der Waals surface area (Å²) in [5.41, 5.74) is 0.784. The topological polar surface area (TPSA) is 55.4 Å². The quantitative estimate of drug-likeness (QED) is 0.731. The highest BCUT2D eigenvalue weighted by Gasteiger charge is 2.09. The number of sulfonamides is 1. The third-order valence-corrected chi connectivity index (χ3v) is 3.33. The first-order chi connectivity index (χ1) is 7.64. The van der Waals surface area contributed by atoms with Gasteiger partial charge in [0.2, 0.25) is 10.0 Å². The zero-order valence-electron chi connectivity index (χ0n) is 9.35. The van der Waals surface area contributed by atoms with Crippen molar-refractivity contribution in [3.8, 4) is 0 Å². The van der Waals surface area contributed by atoms with Crippen molar-refractivity contribution < 1.29 is 13.2 Å². The predicted octanol–water partition coefficient (Wildman–Crippen LogP) is 1.14. The Kier molecular flexibility index (Phi) is 5.45. The molecule has 0 amide bonds. The molecule has 0 atom stereocenters. The average Bonchev–Trinajstić information content (AvgIpc) is 2.25. The maximum atomic E-state index is 11.6. The van der Waals surface area contributed by atoms with Crippen molar-refractivity contribution in [2.24, 2.45) is 0 Å². The zero-order valence-corrected chi connectivity index (χ0v) is 10.2. The molecular formula is C11H17NO3S. The van der Waals surface area contributed by atoms with Gasteiger partial charge in [0.25, 0.3) is 0 Å². The molecule has 4 nitrogen and oxygen atoms in total. The van der Waals surface area contributed by atoms with Gasteiger partial charge in [-0.3, -0.25) is 0 Å². The number of nitrogens with one attached hydrogen (secondary N) is 1. The summed E-state index contributed by atoms with van der Waals surface area (Å²) in [6, 6.07) is 9.10. The highest BCUT2D eigenvalue weighted by Crippen LogP contribution is 2.03. The van der Waals surface area contributed by atoms with E-state index < -0.39 is 10.0 Å². The summed E-state index contributed by atoms with van der Waals surface area (Å²) in [5.74, 6) is 0.0139. The minimum Gasteiger partial charge on any atom is -0.380 e. The van der Waals surface area contributed by atoms with Crippen LogP contribution in [0.25, 0.3) is 0 Å². The summed E-state index contributed by atoms with van der Waals surface area (Å²) >= 11 is 0. The lowest BCUT2D eigenvalue weighted by molar-refractivity contribution is 0.153. The summed E-state index contributed by atoms with van der Waals surface area (Å²) in [7, 11) is -3.25. The summed E-state index contributed by atoms with van der Waals surface area (Å²) in [6.07, 6.45) is 0. The van der Waals surface area contributed by atoms with E-state index >= 15 is 0 Å². The van der Waals surface area contributed by atoms with Crippen molar-refractivity contribution >= 4 is 10.0 Å². The number of hydrogen-bond donors (Lipinski definition) is 1. The van der Waals surface area contributed by atoms with Crippen LogP contribution < -0.4 is 4.72 Å². The molecule has 16 heavy (non-hydrogen) atoms. The largest absolute Gasteiger partial charge is 0.380 e. The van der Waals surface area contributed by atoms with E-state index in [-0.39, 0.29) is 5.75 Å². The van der Waals surface area contributed by atoms with Crippen molar-refractivity contribution in [2.75, 3.05) is 19.8 Å². The molecule has 1 rings (SSSR count). The summed E-state index contributed by atoms with van der Waals surface area (Å²) < 4.78 is 30.7. The molecule has 1 N–H and O–H groups in total. The standard InChI is InChI=1S/C11H17NO3S/c1-2-15-9-8-12-16(13,14)10-11-6-4-3-5-7-11/h3-7,12H,2,8-10H2,1H3. The van der Waals surface area contributed by atoms with Crippen LogP contribution in [0.5, 0.6) is 0 Å². The lowest BCUT2D eigenvalue weighted by Gasteiger charge is -2.06. The van der Waals surface area contributed by atoms with Crippen molar-refractivity contribution in [3.63, 3.8) is 0 Å². The van der Waals surface area contributed by atoms with Gasteiger partial charge >= 0.3 is 0 Å². The van der Waals surface area contributed by atoms with E-state index in [0.717, 1.165) is 5.56 Å². The first kappa shape index (κ1) is 13.2.